The van der Waals surface area contributed by atoms with Crippen LogP contribution < -0.4 is 5.32 Å². The largest absolute Gasteiger partial charge is 0.321 e. The van der Waals surface area contributed by atoms with Gasteiger partial charge in [0, 0.05) is 16.6 Å². The van der Waals surface area contributed by atoms with Gasteiger partial charge in [-0.3, -0.25) is 4.79 Å². The Kier molecular flexibility index (Phi) is 4.05. The van der Waals surface area contributed by atoms with Crippen LogP contribution in [0.1, 0.15) is 14.7 Å². The normalized spacial score (nSPS) is 10.6. The zero-order valence-corrected chi connectivity index (χ0v) is 13.5. The number of hydrogen-bond acceptors (Lipinski definition) is 4. The molecule has 0 unspecified atom stereocenters. The maximum atomic E-state index is 12.1. The van der Waals surface area contributed by atoms with Crippen LogP contribution in [0.5, 0.6) is 0 Å². The maximum Gasteiger partial charge on any atom is 0.265 e. The van der Waals surface area contributed by atoms with Crippen molar-refractivity contribution < 1.29 is 4.79 Å². The molecule has 2 heterocycles. The van der Waals surface area contributed by atoms with E-state index in [9.17, 15) is 4.79 Å². The fraction of sp³-hybridized carbons (Fsp3) is 0.0667. The molecule has 0 aliphatic rings. The van der Waals surface area contributed by atoms with E-state index in [1.807, 2.05) is 36.6 Å². The van der Waals surface area contributed by atoms with Gasteiger partial charge in [-0.15, -0.1) is 22.7 Å². The lowest BCUT2D eigenvalue weighted by Crippen LogP contribution is -2.09. The highest BCUT2D eigenvalue weighted by Gasteiger charge is 2.10. The second kappa shape index (κ2) is 5.97. The number of carbonyl (C=O) groups is 1. The average Bonchev–Trinajstić information content (AvgIpc) is 3.08. The molecule has 0 saturated carbocycles. The lowest BCUT2D eigenvalue weighted by molar-refractivity contribution is 0.103. The summed E-state index contributed by atoms with van der Waals surface area (Å²) in [4.78, 5) is 17.2. The lowest BCUT2D eigenvalue weighted by Gasteiger charge is -2.05. The summed E-state index contributed by atoms with van der Waals surface area (Å²) in [5.41, 5.74) is 2.65. The van der Waals surface area contributed by atoms with Crippen LogP contribution in [-0.4, -0.2) is 10.9 Å². The number of amides is 1. The van der Waals surface area contributed by atoms with E-state index >= 15 is 0 Å². The summed E-state index contributed by atoms with van der Waals surface area (Å²) in [6.07, 6.45) is 0. The molecule has 0 aliphatic carbocycles. The summed E-state index contributed by atoms with van der Waals surface area (Å²) >= 11 is 8.72. The quantitative estimate of drug-likeness (QED) is 0.725. The number of benzene rings is 1. The molecule has 0 saturated heterocycles. The summed E-state index contributed by atoms with van der Waals surface area (Å²) in [7, 11) is 0. The molecule has 3 aromatic rings. The zero-order valence-electron chi connectivity index (χ0n) is 11.1. The smallest absolute Gasteiger partial charge is 0.265 e. The van der Waals surface area contributed by atoms with Crippen LogP contribution in [-0.2, 0) is 0 Å². The molecule has 3 rings (SSSR count). The Morgan fingerprint density at radius 2 is 2.14 bits per heavy atom. The van der Waals surface area contributed by atoms with Gasteiger partial charge in [0.2, 0.25) is 0 Å². The molecule has 0 atom stereocenters. The summed E-state index contributed by atoms with van der Waals surface area (Å²) in [5, 5.41) is 5.91. The van der Waals surface area contributed by atoms with Gasteiger partial charge in [-0.25, -0.2) is 4.98 Å². The van der Waals surface area contributed by atoms with Crippen molar-refractivity contribution in [3.05, 3.63) is 56.0 Å². The third-order valence-electron chi connectivity index (χ3n) is 2.83. The Labute approximate surface area is 135 Å². The van der Waals surface area contributed by atoms with Crippen molar-refractivity contribution in [3.63, 3.8) is 0 Å². The van der Waals surface area contributed by atoms with Gasteiger partial charge in [-0.2, -0.15) is 0 Å². The van der Waals surface area contributed by atoms with E-state index in [4.69, 9.17) is 11.6 Å². The van der Waals surface area contributed by atoms with Gasteiger partial charge in [0.25, 0.3) is 5.91 Å². The standard InChI is InChI=1S/C15H11ClN2OS2/c1-9-17-12(8-20-9)10-3-2-4-11(7-10)18-15(19)13-5-6-14(16)21-13/h2-8H,1H3,(H,18,19). The predicted octanol–water partition coefficient (Wildman–Crippen LogP) is 5.09. The van der Waals surface area contributed by atoms with E-state index in [2.05, 4.69) is 10.3 Å². The molecule has 0 aliphatic heterocycles. The van der Waals surface area contributed by atoms with Crippen LogP contribution in [0.3, 0.4) is 0 Å². The Bertz CT molecular complexity index is 794. The number of halogens is 1. The molecule has 1 aromatic carbocycles. The first kappa shape index (κ1) is 14.3. The van der Waals surface area contributed by atoms with Gasteiger partial charge in [0.05, 0.1) is 19.9 Å². The fourth-order valence-corrected chi connectivity index (χ4v) is 3.44. The van der Waals surface area contributed by atoms with Crippen LogP contribution in [0.4, 0.5) is 5.69 Å². The number of rotatable bonds is 3. The minimum Gasteiger partial charge on any atom is -0.321 e. The second-order valence-electron chi connectivity index (χ2n) is 4.39. The number of hydrogen-bond donors (Lipinski definition) is 1. The van der Waals surface area contributed by atoms with E-state index in [0.29, 0.717) is 9.21 Å². The molecular weight excluding hydrogens is 324 g/mol. The number of aromatic nitrogens is 1. The highest BCUT2D eigenvalue weighted by atomic mass is 35.5. The van der Waals surface area contributed by atoms with E-state index in [0.717, 1.165) is 22.0 Å². The van der Waals surface area contributed by atoms with Crippen molar-refractivity contribution >= 4 is 45.9 Å². The highest BCUT2D eigenvalue weighted by Crippen LogP contribution is 2.26. The third-order valence-corrected chi connectivity index (χ3v) is 4.84. The first-order chi connectivity index (χ1) is 10.1. The Morgan fingerprint density at radius 3 is 2.81 bits per heavy atom. The molecule has 21 heavy (non-hydrogen) atoms. The molecule has 6 heteroatoms. The van der Waals surface area contributed by atoms with Crippen LogP contribution in [0.2, 0.25) is 4.34 Å². The van der Waals surface area contributed by atoms with Crippen LogP contribution in [0.15, 0.2) is 41.8 Å². The van der Waals surface area contributed by atoms with Crippen molar-refractivity contribution in [2.45, 2.75) is 6.92 Å². The Balaban J connectivity index is 1.82. The molecule has 1 N–H and O–H groups in total. The van der Waals surface area contributed by atoms with E-state index in [1.54, 1.807) is 23.5 Å². The van der Waals surface area contributed by atoms with Gasteiger partial charge in [-0.1, -0.05) is 23.7 Å². The molecule has 1 amide bonds. The van der Waals surface area contributed by atoms with Gasteiger partial charge in [0.15, 0.2) is 0 Å². The van der Waals surface area contributed by atoms with Crippen LogP contribution in [0.25, 0.3) is 11.3 Å². The third kappa shape index (κ3) is 3.32. The average molecular weight is 335 g/mol. The number of carbonyl (C=O) groups excluding carboxylic acids is 1. The first-order valence-electron chi connectivity index (χ1n) is 6.21. The van der Waals surface area contributed by atoms with Crippen LogP contribution in [0, 0.1) is 6.92 Å². The number of nitrogens with one attached hydrogen (secondary N) is 1. The molecule has 0 bridgehead atoms. The summed E-state index contributed by atoms with van der Waals surface area (Å²) in [6, 6.07) is 11.1. The van der Waals surface area contributed by atoms with Crippen molar-refractivity contribution in [2.75, 3.05) is 5.32 Å². The van der Waals surface area contributed by atoms with Gasteiger partial charge >= 0.3 is 0 Å². The number of anilines is 1. The minimum absolute atomic E-state index is 0.154. The molecule has 2 aromatic heterocycles. The summed E-state index contributed by atoms with van der Waals surface area (Å²) in [6.45, 7) is 1.97. The van der Waals surface area contributed by atoms with Crippen molar-refractivity contribution in [1.29, 1.82) is 0 Å². The van der Waals surface area contributed by atoms with Crippen LogP contribution >= 0.6 is 34.3 Å². The Morgan fingerprint density at radius 1 is 1.29 bits per heavy atom. The second-order valence-corrected chi connectivity index (χ2v) is 7.17. The number of aryl methyl sites for hydroxylation is 1. The van der Waals surface area contributed by atoms with Crippen molar-refractivity contribution in [3.8, 4) is 11.3 Å². The minimum atomic E-state index is -0.154. The summed E-state index contributed by atoms with van der Waals surface area (Å²) in [5.74, 6) is -0.154. The number of thiophene rings is 1. The summed E-state index contributed by atoms with van der Waals surface area (Å²) < 4.78 is 0.604. The topological polar surface area (TPSA) is 42.0 Å². The molecule has 0 spiro atoms. The van der Waals surface area contributed by atoms with Gasteiger partial charge < -0.3 is 5.32 Å². The Hall–Kier alpha value is -1.69. The van der Waals surface area contributed by atoms with Crippen molar-refractivity contribution in [1.82, 2.24) is 4.98 Å². The SMILES string of the molecule is Cc1nc(-c2cccc(NC(=O)c3ccc(Cl)s3)c2)cs1. The number of nitrogens with zero attached hydrogens (tertiary/aromatic N) is 1. The van der Waals surface area contributed by atoms with Gasteiger partial charge in [-0.05, 0) is 31.2 Å². The molecular formula is C15H11ClN2OS2. The van der Waals surface area contributed by atoms with Crippen molar-refractivity contribution in [2.24, 2.45) is 0 Å². The zero-order chi connectivity index (χ0) is 14.8. The fourth-order valence-electron chi connectivity index (χ4n) is 1.88. The van der Waals surface area contributed by atoms with E-state index < -0.39 is 0 Å². The molecule has 3 nitrogen and oxygen atoms in total. The maximum absolute atomic E-state index is 12.1. The highest BCUT2D eigenvalue weighted by molar-refractivity contribution is 7.18. The molecule has 0 fully saturated rings. The van der Waals surface area contributed by atoms with E-state index in [1.165, 1.54) is 11.3 Å². The van der Waals surface area contributed by atoms with E-state index in [-0.39, 0.29) is 5.91 Å². The van der Waals surface area contributed by atoms with Gasteiger partial charge in [0.1, 0.15) is 0 Å². The predicted molar refractivity (Wildman–Crippen MR) is 89.6 cm³/mol. The first-order valence-corrected chi connectivity index (χ1v) is 8.28. The monoisotopic (exact) mass is 334 g/mol. The number of thiazole rings is 1. The molecule has 0 radical (unpaired) electrons. The molecule has 106 valence electrons. The lowest BCUT2D eigenvalue weighted by atomic mass is 10.1.